The second kappa shape index (κ2) is 5.66. The normalized spacial score (nSPS) is 11.5. The van der Waals surface area contributed by atoms with E-state index < -0.39 is 11.1 Å². The summed E-state index contributed by atoms with van der Waals surface area (Å²) in [4.78, 5) is 4.01. The van der Waals surface area contributed by atoms with Crippen LogP contribution in [-0.4, -0.2) is 50.4 Å². The summed E-state index contributed by atoms with van der Waals surface area (Å²) in [5.74, 6) is 0.430. The van der Waals surface area contributed by atoms with Crippen molar-refractivity contribution in [1.82, 2.24) is 4.98 Å². The topological polar surface area (TPSA) is 59.4 Å². The molecule has 0 aliphatic heterocycles. The van der Waals surface area contributed by atoms with Crippen molar-refractivity contribution >= 4 is 40.6 Å². The summed E-state index contributed by atoms with van der Waals surface area (Å²) in [6.07, 6.45) is 1.30. The van der Waals surface area contributed by atoms with E-state index in [1.807, 2.05) is 0 Å². The van der Waals surface area contributed by atoms with Crippen molar-refractivity contribution in [2.75, 3.05) is 7.11 Å². The van der Waals surface area contributed by atoms with E-state index in [2.05, 4.69) is 4.98 Å². The minimum atomic E-state index is -1.96. The Morgan fingerprint density at radius 3 is 2.58 bits per heavy atom. The Morgan fingerprint density at radius 1 is 1.58 bits per heavy atom. The van der Waals surface area contributed by atoms with Crippen LogP contribution in [-0.2, 0) is 11.1 Å². The smallest absolute Gasteiger partial charge is 0.212 e. The van der Waals surface area contributed by atoms with E-state index in [9.17, 15) is 4.21 Å². The van der Waals surface area contributed by atoms with Gasteiger partial charge in [-0.15, -0.1) is 0 Å². The van der Waals surface area contributed by atoms with E-state index in [1.54, 1.807) is 0 Å². The molecule has 0 aliphatic carbocycles. The molecular formula is C6H7NNaO3S. The van der Waals surface area contributed by atoms with Gasteiger partial charge in [-0.3, -0.25) is 0 Å². The van der Waals surface area contributed by atoms with Crippen molar-refractivity contribution in [1.29, 1.82) is 0 Å². The van der Waals surface area contributed by atoms with E-state index in [4.69, 9.17) is 9.29 Å². The second-order valence-electron chi connectivity index (χ2n) is 1.79. The van der Waals surface area contributed by atoms with E-state index >= 15 is 0 Å². The summed E-state index contributed by atoms with van der Waals surface area (Å²) >= 11 is -1.96. The van der Waals surface area contributed by atoms with Gasteiger partial charge in [0.1, 0.15) is 0 Å². The second-order valence-corrected chi connectivity index (χ2v) is 2.76. The summed E-state index contributed by atoms with van der Waals surface area (Å²) in [6.45, 7) is 0. The quantitative estimate of drug-likeness (QED) is 0.545. The number of ether oxygens (including phenoxy) is 1. The summed E-state index contributed by atoms with van der Waals surface area (Å²) in [5, 5.41) is 0. The molecule has 61 valence electrons. The van der Waals surface area contributed by atoms with Crippen molar-refractivity contribution < 1.29 is 13.5 Å². The molecule has 1 radical (unpaired) electrons. The standard InChI is InChI=1S/C6H7NO3S.Na/c1-10-6-3-2-5(4-7-6)11(8)9;/h2-4H,1H3,(H,8,9);. The van der Waals surface area contributed by atoms with Crippen LogP contribution in [0.2, 0.25) is 0 Å². The number of rotatable bonds is 2. The zero-order chi connectivity index (χ0) is 8.27. The van der Waals surface area contributed by atoms with Gasteiger partial charge in [0.25, 0.3) is 0 Å². The number of aromatic nitrogens is 1. The molecule has 0 amide bonds. The third-order valence-electron chi connectivity index (χ3n) is 1.12. The third-order valence-corrected chi connectivity index (χ3v) is 1.76. The molecule has 0 saturated heterocycles. The maximum Gasteiger partial charge on any atom is 0.212 e. The van der Waals surface area contributed by atoms with Gasteiger partial charge in [-0.25, -0.2) is 9.19 Å². The maximum absolute atomic E-state index is 10.4. The molecular weight excluding hydrogens is 189 g/mol. The summed E-state index contributed by atoms with van der Waals surface area (Å²) in [6, 6.07) is 3.02. The van der Waals surface area contributed by atoms with Crippen molar-refractivity contribution in [2.45, 2.75) is 4.90 Å². The van der Waals surface area contributed by atoms with Gasteiger partial charge in [0.15, 0.2) is 11.1 Å². The van der Waals surface area contributed by atoms with E-state index in [0.717, 1.165) is 0 Å². The van der Waals surface area contributed by atoms with Gasteiger partial charge >= 0.3 is 0 Å². The van der Waals surface area contributed by atoms with Crippen LogP contribution in [0.15, 0.2) is 23.2 Å². The van der Waals surface area contributed by atoms with E-state index in [1.165, 1.54) is 25.4 Å². The van der Waals surface area contributed by atoms with Crippen molar-refractivity contribution in [2.24, 2.45) is 0 Å². The van der Waals surface area contributed by atoms with Crippen LogP contribution in [0.1, 0.15) is 0 Å². The molecule has 0 bridgehead atoms. The molecule has 1 N–H and O–H groups in total. The monoisotopic (exact) mass is 196 g/mol. The Morgan fingerprint density at radius 2 is 2.25 bits per heavy atom. The molecule has 1 rings (SSSR count). The zero-order valence-corrected chi connectivity index (χ0v) is 9.67. The van der Waals surface area contributed by atoms with Gasteiger partial charge in [-0.2, -0.15) is 0 Å². The van der Waals surface area contributed by atoms with Crippen LogP contribution >= 0.6 is 0 Å². The molecule has 1 aromatic heterocycles. The van der Waals surface area contributed by atoms with Crippen LogP contribution in [0.5, 0.6) is 5.88 Å². The van der Waals surface area contributed by atoms with E-state index in [0.29, 0.717) is 5.88 Å². The van der Waals surface area contributed by atoms with Gasteiger partial charge in [0.05, 0.1) is 12.0 Å². The molecule has 0 aliphatic rings. The summed E-state index contributed by atoms with van der Waals surface area (Å²) < 4.78 is 23.8. The SMILES string of the molecule is COc1ccc(S(=O)O)cn1.[Na]. The van der Waals surface area contributed by atoms with Crippen LogP contribution in [0.25, 0.3) is 0 Å². The van der Waals surface area contributed by atoms with Crippen molar-refractivity contribution in [3.05, 3.63) is 18.3 Å². The molecule has 0 saturated carbocycles. The molecule has 0 spiro atoms. The first-order valence-corrected chi connectivity index (χ1v) is 3.95. The average molecular weight is 196 g/mol. The molecule has 1 aromatic rings. The first kappa shape index (κ1) is 12.1. The van der Waals surface area contributed by atoms with Gasteiger partial charge < -0.3 is 9.29 Å². The Kier molecular flexibility index (Phi) is 5.69. The molecule has 4 nitrogen and oxygen atoms in total. The van der Waals surface area contributed by atoms with Crippen LogP contribution < -0.4 is 4.74 Å². The minimum Gasteiger partial charge on any atom is -0.481 e. The number of hydrogen-bond acceptors (Lipinski definition) is 3. The Balaban J connectivity index is 0.00000121. The Hall–Kier alpha value is 0.0600. The molecule has 0 fully saturated rings. The third kappa shape index (κ3) is 3.20. The molecule has 6 heteroatoms. The van der Waals surface area contributed by atoms with Crippen LogP contribution in [0.4, 0.5) is 0 Å². The fourth-order valence-corrected chi connectivity index (χ4v) is 0.918. The minimum absolute atomic E-state index is 0. The maximum atomic E-state index is 10.4. The summed E-state index contributed by atoms with van der Waals surface area (Å²) in [5.41, 5.74) is 0. The predicted molar refractivity (Wildman–Crippen MR) is 45.6 cm³/mol. The first-order valence-electron chi connectivity index (χ1n) is 2.85. The zero-order valence-electron chi connectivity index (χ0n) is 6.85. The van der Waals surface area contributed by atoms with Gasteiger partial charge in [0.2, 0.25) is 5.88 Å². The number of nitrogens with zero attached hydrogens (tertiary/aromatic N) is 1. The molecule has 1 atom stereocenters. The summed E-state index contributed by atoms with van der Waals surface area (Å²) in [7, 11) is 1.48. The molecule has 12 heavy (non-hydrogen) atoms. The average Bonchev–Trinajstić information content (AvgIpc) is 2.05. The fourth-order valence-electron chi connectivity index (χ4n) is 0.591. The van der Waals surface area contributed by atoms with Crippen LogP contribution in [0, 0.1) is 0 Å². The van der Waals surface area contributed by atoms with Gasteiger partial charge in [0, 0.05) is 41.8 Å². The first-order chi connectivity index (χ1) is 5.24. The van der Waals surface area contributed by atoms with Gasteiger partial charge in [-0.1, -0.05) is 0 Å². The fraction of sp³-hybridized carbons (Fsp3) is 0.167. The molecule has 1 heterocycles. The Bertz CT molecular complexity index is 264. The molecule has 1 unspecified atom stereocenters. The largest absolute Gasteiger partial charge is 0.481 e. The predicted octanol–water partition coefficient (Wildman–Crippen LogP) is 0.290. The molecule has 0 aromatic carbocycles. The number of hydrogen-bond donors (Lipinski definition) is 1. The number of pyridine rings is 1. The Labute approximate surface area is 94.9 Å². The van der Waals surface area contributed by atoms with Crippen LogP contribution in [0.3, 0.4) is 0 Å². The van der Waals surface area contributed by atoms with E-state index in [-0.39, 0.29) is 34.5 Å². The number of methoxy groups -OCH3 is 1. The van der Waals surface area contributed by atoms with Gasteiger partial charge in [-0.05, 0) is 6.07 Å². The van der Waals surface area contributed by atoms with Crippen molar-refractivity contribution in [3.63, 3.8) is 0 Å². The van der Waals surface area contributed by atoms with Crippen molar-refractivity contribution in [3.8, 4) is 5.88 Å².